The van der Waals surface area contributed by atoms with E-state index in [1.165, 1.54) is 250 Å². The molecule has 4 unspecified atom stereocenters. The highest BCUT2D eigenvalue weighted by atomic mass is 14.7. The molecule has 67 heavy (non-hydrogen) atoms. The Morgan fingerprint density at radius 3 is 0.940 bits per heavy atom. The molecule has 2 aliphatic carbocycles. The molecule has 0 aromatic carbocycles. The van der Waals surface area contributed by atoms with Crippen molar-refractivity contribution in [2.24, 2.45) is 34.0 Å². The van der Waals surface area contributed by atoms with Crippen molar-refractivity contribution in [3.05, 3.63) is 0 Å². The molecule has 2 saturated carbocycles. The minimum atomic E-state index is 0.501. The average Bonchev–Trinajstić information content (AvgIpc) is 3.90. The summed E-state index contributed by atoms with van der Waals surface area (Å²) in [7, 11) is 0. The molecular formula is C67H132. The zero-order valence-electron chi connectivity index (χ0n) is 48.4. The maximum absolute atomic E-state index is 2.51. The first-order valence-corrected chi connectivity index (χ1v) is 33.0. The second-order valence-corrected chi connectivity index (χ2v) is 24.6. The Kier molecular flexibility index (Phi) is 40.0. The van der Waals surface area contributed by atoms with Gasteiger partial charge in [0.1, 0.15) is 0 Å². The molecule has 0 bridgehead atoms. The molecule has 0 heterocycles. The smallest absolute Gasteiger partial charge is 0.0151 e. The number of hydrogen-bond acceptors (Lipinski definition) is 0. The fraction of sp³-hybridized carbons (Fsp3) is 1.00. The second-order valence-electron chi connectivity index (χ2n) is 24.6. The van der Waals surface area contributed by atoms with Crippen LogP contribution in [0.25, 0.3) is 0 Å². The highest BCUT2D eigenvalue weighted by Gasteiger charge is 2.67. The first-order chi connectivity index (χ1) is 33.0. The van der Waals surface area contributed by atoms with Crippen molar-refractivity contribution in [3.63, 3.8) is 0 Å². The van der Waals surface area contributed by atoms with Gasteiger partial charge >= 0.3 is 0 Å². The molecule has 400 valence electrons. The van der Waals surface area contributed by atoms with E-state index in [2.05, 4.69) is 48.5 Å². The van der Waals surface area contributed by atoms with Crippen molar-refractivity contribution >= 4 is 0 Å². The van der Waals surface area contributed by atoms with Gasteiger partial charge in [0.25, 0.3) is 0 Å². The summed E-state index contributed by atoms with van der Waals surface area (Å²) in [4.78, 5) is 0. The maximum atomic E-state index is 2.51. The van der Waals surface area contributed by atoms with Crippen LogP contribution < -0.4 is 0 Å². The molecule has 0 amide bonds. The summed E-state index contributed by atoms with van der Waals surface area (Å²) >= 11 is 0. The van der Waals surface area contributed by atoms with E-state index in [-0.39, 0.29) is 0 Å². The van der Waals surface area contributed by atoms with Gasteiger partial charge in [-0.05, 0) is 105 Å². The molecule has 0 nitrogen and oxygen atoms in total. The molecule has 0 saturated heterocycles. The van der Waals surface area contributed by atoms with Crippen LogP contribution in [0.5, 0.6) is 0 Å². The van der Waals surface area contributed by atoms with Crippen LogP contribution in [0.1, 0.15) is 395 Å². The van der Waals surface area contributed by atoms with Crippen LogP contribution in [0, 0.1) is 34.0 Å². The van der Waals surface area contributed by atoms with Gasteiger partial charge in [-0.25, -0.2) is 0 Å². The van der Waals surface area contributed by atoms with Gasteiger partial charge in [0.05, 0.1) is 0 Å². The van der Waals surface area contributed by atoms with Crippen LogP contribution in [0.15, 0.2) is 0 Å². The second kappa shape index (κ2) is 42.5. The monoisotopic (exact) mass is 937 g/mol. The van der Waals surface area contributed by atoms with Crippen LogP contribution in [0.3, 0.4) is 0 Å². The molecular weight excluding hydrogens is 805 g/mol. The normalized spacial score (nSPS) is 18.3. The highest BCUT2D eigenvalue weighted by Crippen LogP contribution is 2.75. The standard InChI is InChI=1S/C67H132/c1-8-15-22-28-31-33-38-48-59-65(57-46-36-30-24-17-10-3,58-47-37-32-29-23-16-9-2)67(61-50-35-26-19-12-5,64-55-42-39-43-56-64)66(60-49-27-20-13-6,63-53-44-45-54-63)62(51-40-21-14-7)52-41-34-25-18-11-4/h62-64H,8-61H2,1-7H3. The molecule has 0 aromatic rings. The summed E-state index contributed by atoms with van der Waals surface area (Å²) in [6.07, 6.45) is 81.2. The molecule has 0 aromatic heterocycles. The van der Waals surface area contributed by atoms with E-state index < -0.39 is 0 Å². The lowest BCUT2D eigenvalue weighted by molar-refractivity contribution is -0.219. The molecule has 0 N–H and O–H groups in total. The first-order valence-electron chi connectivity index (χ1n) is 33.0. The fourth-order valence-corrected chi connectivity index (χ4v) is 16.2. The van der Waals surface area contributed by atoms with Crippen molar-refractivity contribution in [2.75, 3.05) is 0 Å². The van der Waals surface area contributed by atoms with Gasteiger partial charge in [0, 0.05) is 0 Å². The Bertz CT molecular complexity index is 1020. The fourth-order valence-electron chi connectivity index (χ4n) is 16.2. The van der Waals surface area contributed by atoms with E-state index >= 15 is 0 Å². The minimum absolute atomic E-state index is 0.501. The SMILES string of the molecule is CCCCCCCCCCC(CCCCCCCC)(CCCCCCCCC)C(CCCCCCC)(C1CCCCC1)C(CCCCCC)(C(CCCCC)CCCCCCC)C1CCCC1. The largest absolute Gasteiger partial charge is 0.0654 e. The minimum Gasteiger partial charge on any atom is -0.0654 e. The lowest BCUT2D eigenvalue weighted by Gasteiger charge is -2.70. The van der Waals surface area contributed by atoms with Crippen molar-refractivity contribution in [2.45, 2.75) is 395 Å². The predicted molar refractivity (Wildman–Crippen MR) is 307 cm³/mol. The summed E-state index contributed by atoms with van der Waals surface area (Å²) in [6, 6.07) is 0. The number of rotatable bonds is 50. The van der Waals surface area contributed by atoms with Crippen molar-refractivity contribution in [1.29, 1.82) is 0 Å². The topological polar surface area (TPSA) is 0 Å². The van der Waals surface area contributed by atoms with E-state index in [0.717, 1.165) is 17.8 Å². The van der Waals surface area contributed by atoms with E-state index in [1.54, 1.807) is 96.3 Å². The quantitative estimate of drug-likeness (QED) is 0.0533. The van der Waals surface area contributed by atoms with Crippen LogP contribution in [-0.2, 0) is 0 Å². The highest BCUT2D eigenvalue weighted by molar-refractivity contribution is 5.16. The third-order valence-corrected chi connectivity index (χ3v) is 19.6. The zero-order valence-corrected chi connectivity index (χ0v) is 48.4. The zero-order chi connectivity index (χ0) is 48.4. The summed E-state index contributed by atoms with van der Waals surface area (Å²) in [5.41, 5.74) is 1.53. The predicted octanol–water partition coefficient (Wildman–Crippen LogP) is 25.0. The number of hydrogen-bond donors (Lipinski definition) is 0. The van der Waals surface area contributed by atoms with Gasteiger partial charge in [0.2, 0.25) is 0 Å². The lowest BCUT2D eigenvalue weighted by Crippen LogP contribution is -2.63. The van der Waals surface area contributed by atoms with Crippen molar-refractivity contribution in [3.8, 4) is 0 Å². The van der Waals surface area contributed by atoms with Crippen LogP contribution in [0.2, 0.25) is 0 Å². The lowest BCUT2D eigenvalue weighted by atomic mass is 9.34. The summed E-state index contributed by atoms with van der Waals surface area (Å²) < 4.78 is 0. The Morgan fingerprint density at radius 2 is 0.537 bits per heavy atom. The van der Waals surface area contributed by atoms with Gasteiger partial charge < -0.3 is 0 Å². The Morgan fingerprint density at radius 1 is 0.269 bits per heavy atom. The third kappa shape index (κ3) is 23.2. The molecule has 0 radical (unpaired) electrons. The molecule has 2 rings (SSSR count). The Labute approximate surface area is 427 Å². The molecule has 4 atom stereocenters. The summed E-state index contributed by atoms with van der Waals surface area (Å²) in [6.45, 7) is 17.1. The molecule has 2 aliphatic rings. The van der Waals surface area contributed by atoms with E-state index in [9.17, 15) is 0 Å². The third-order valence-electron chi connectivity index (χ3n) is 19.6. The van der Waals surface area contributed by atoms with Crippen molar-refractivity contribution in [1.82, 2.24) is 0 Å². The van der Waals surface area contributed by atoms with E-state index in [0.29, 0.717) is 16.2 Å². The van der Waals surface area contributed by atoms with E-state index in [1.807, 2.05) is 0 Å². The number of unbranched alkanes of at least 4 members (excludes halogenated alkanes) is 31. The van der Waals surface area contributed by atoms with Gasteiger partial charge in [-0.2, -0.15) is 0 Å². The van der Waals surface area contributed by atoms with Crippen molar-refractivity contribution < 1.29 is 0 Å². The summed E-state index contributed by atoms with van der Waals surface area (Å²) in [5, 5.41) is 0. The van der Waals surface area contributed by atoms with Crippen LogP contribution in [-0.4, -0.2) is 0 Å². The van der Waals surface area contributed by atoms with E-state index in [4.69, 9.17) is 0 Å². The van der Waals surface area contributed by atoms with Gasteiger partial charge in [-0.1, -0.05) is 325 Å². The molecule has 0 heteroatoms. The van der Waals surface area contributed by atoms with Crippen LogP contribution >= 0.6 is 0 Å². The van der Waals surface area contributed by atoms with Gasteiger partial charge in [0.15, 0.2) is 0 Å². The Hall–Kier alpha value is 0. The first kappa shape index (κ1) is 63.1. The molecule has 0 spiro atoms. The Balaban J connectivity index is 3.12. The van der Waals surface area contributed by atoms with Gasteiger partial charge in [-0.15, -0.1) is 0 Å². The summed E-state index contributed by atoms with van der Waals surface area (Å²) in [5.74, 6) is 2.89. The average molecular weight is 938 g/mol. The molecule has 2 fully saturated rings. The maximum Gasteiger partial charge on any atom is -0.0151 e. The molecule has 0 aliphatic heterocycles. The van der Waals surface area contributed by atoms with Crippen LogP contribution in [0.4, 0.5) is 0 Å². The van der Waals surface area contributed by atoms with Gasteiger partial charge in [-0.3, -0.25) is 0 Å².